The first-order valence-electron chi connectivity index (χ1n) is 8.07. The second kappa shape index (κ2) is 7.89. The predicted octanol–water partition coefficient (Wildman–Crippen LogP) is 5.31. The van der Waals surface area contributed by atoms with E-state index in [1.165, 1.54) is 35.2 Å². The smallest absolute Gasteiger partial charge is 0.282 e. The number of thiazole rings is 1. The molecule has 1 amide bonds. The van der Waals surface area contributed by atoms with Crippen LogP contribution >= 0.6 is 23.1 Å². The summed E-state index contributed by atoms with van der Waals surface area (Å²) in [5.74, 6) is -0.540. The Morgan fingerprint density at radius 3 is 2.52 bits per heavy atom. The third-order valence-electron chi connectivity index (χ3n) is 3.99. The third kappa shape index (κ3) is 4.17. The minimum absolute atomic E-state index is 0.0246. The van der Waals surface area contributed by atoms with E-state index < -0.39 is 10.8 Å². The van der Waals surface area contributed by atoms with Crippen LogP contribution in [0.25, 0.3) is 11.3 Å². The van der Waals surface area contributed by atoms with Gasteiger partial charge in [0.1, 0.15) is 5.56 Å². The Balaban J connectivity index is 1.90. The van der Waals surface area contributed by atoms with Gasteiger partial charge in [-0.15, -0.1) is 23.1 Å². The first-order chi connectivity index (χ1) is 12.9. The van der Waals surface area contributed by atoms with E-state index in [-0.39, 0.29) is 11.3 Å². The molecule has 0 aliphatic heterocycles. The van der Waals surface area contributed by atoms with Crippen LogP contribution in [-0.4, -0.2) is 22.1 Å². The van der Waals surface area contributed by atoms with E-state index in [9.17, 15) is 14.9 Å². The van der Waals surface area contributed by atoms with Crippen LogP contribution < -0.4 is 5.32 Å². The molecule has 0 spiro atoms. The lowest BCUT2D eigenvalue weighted by atomic mass is 10.1. The van der Waals surface area contributed by atoms with E-state index in [0.29, 0.717) is 5.13 Å². The number of aromatic nitrogens is 1. The number of benzene rings is 2. The molecule has 0 saturated heterocycles. The van der Waals surface area contributed by atoms with Gasteiger partial charge in [0.2, 0.25) is 0 Å². The van der Waals surface area contributed by atoms with Crippen LogP contribution in [0.15, 0.2) is 47.4 Å². The van der Waals surface area contributed by atoms with Crippen molar-refractivity contribution in [2.24, 2.45) is 0 Å². The molecule has 8 heteroatoms. The Morgan fingerprint density at radius 1 is 1.19 bits per heavy atom. The van der Waals surface area contributed by atoms with Gasteiger partial charge < -0.3 is 0 Å². The van der Waals surface area contributed by atoms with Crippen LogP contribution in [0, 0.1) is 24.0 Å². The zero-order chi connectivity index (χ0) is 19.6. The number of nitro benzene ring substituents is 1. The van der Waals surface area contributed by atoms with Gasteiger partial charge in [0.25, 0.3) is 11.6 Å². The SMILES string of the molecule is CSc1ccc([N+](=O)[O-])c(C(=O)Nc2nc(-c3ccc(C)cc3)c(C)s2)c1. The number of nitrogens with zero attached hydrogens (tertiary/aromatic N) is 2. The van der Waals surface area contributed by atoms with Crippen LogP contribution in [0.4, 0.5) is 10.8 Å². The molecule has 138 valence electrons. The Morgan fingerprint density at radius 2 is 1.89 bits per heavy atom. The Hall–Kier alpha value is -2.71. The minimum atomic E-state index is -0.552. The Kier molecular flexibility index (Phi) is 5.57. The second-order valence-electron chi connectivity index (χ2n) is 5.88. The molecule has 0 aliphatic rings. The van der Waals surface area contributed by atoms with Gasteiger partial charge in [-0.25, -0.2) is 4.98 Å². The summed E-state index contributed by atoms with van der Waals surface area (Å²) in [6.45, 7) is 3.94. The van der Waals surface area contributed by atoms with E-state index in [2.05, 4.69) is 10.3 Å². The number of nitrogens with one attached hydrogen (secondary N) is 1. The van der Waals surface area contributed by atoms with Crippen LogP contribution in [-0.2, 0) is 0 Å². The van der Waals surface area contributed by atoms with Gasteiger partial charge in [-0.2, -0.15) is 0 Å². The minimum Gasteiger partial charge on any atom is -0.298 e. The number of carbonyl (C=O) groups excluding carboxylic acids is 1. The number of hydrogen-bond donors (Lipinski definition) is 1. The maximum absolute atomic E-state index is 12.7. The first kappa shape index (κ1) is 19.1. The van der Waals surface area contributed by atoms with Gasteiger partial charge in [0, 0.05) is 21.4 Å². The number of hydrogen-bond acceptors (Lipinski definition) is 6. The zero-order valence-corrected chi connectivity index (χ0v) is 16.6. The topological polar surface area (TPSA) is 85.1 Å². The molecule has 1 aromatic heterocycles. The molecule has 0 fully saturated rings. The van der Waals surface area contributed by atoms with Gasteiger partial charge in [-0.1, -0.05) is 29.8 Å². The summed E-state index contributed by atoms with van der Waals surface area (Å²) in [7, 11) is 0. The molecule has 2 aromatic carbocycles. The average Bonchev–Trinajstić information content (AvgIpc) is 3.01. The van der Waals surface area contributed by atoms with Crippen molar-refractivity contribution in [1.29, 1.82) is 0 Å². The van der Waals surface area contributed by atoms with Crippen molar-refractivity contribution >= 4 is 39.8 Å². The molecule has 0 aliphatic carbocycles. The van der Waals surface area contributed by atoms with Crippen LogP contribution in [0.2, 0.25) is 0 Å². The molecular formula is C19H17N3O3S2. The fourth-order valence-electron chi connectivity index (χ4n) is 2.58. The third-order valence-corrected chi connectivity index (χ3v) is 5.60. The number of aryl methyl sites for hydroxylation is 2. The summed E-state index contributed by atoms with van der Waals surface area (Å²) in [5, 5.41) is 14.4. The lowest BCUT2D eigenvalue weighted by Crippen LogP contribution is -2.14. The number of thioether (sulfide) groups is 1. The molecule has 0 radical (unpaired) electrons. The largest absolute Gasteiger partial charge is 0.298 e. The summed E-state index contributed by atoms with van der Waals surface area (Å²) in [6, 6.07) is 12.5. The molecule has 0 bridgehead atoms. The normalized spacial score (nSPS) is 10.6. The van der Waals surface area contributed by atoms with E-state index in [1.807, 2.05) is 44.4 Å². The first-order valence-corrected chi connectivity index (χ1v) is 10.1. The average molecular weight is 399 g/mol. The fraction of sp³-hybridized carbons (Fsp3) is 0.158. The summed E-state index contributed by atoms with van der Waals surface area (Å²) < 4.78 is 0. The van der Waals surface area contributed by atoms with Crippen molar-refractivity contribution in [1.82, 2.24) is 4.98 Å². The lowest BCUT2D eigenvalue weighted by Gasteiger charge is -2.05. The standard InChI is InChI=1S/C19H17N3O3S2/c1-11-4-6-13(7-5-11)17-12(2)27-19(20-17)21-18(23)15-10-14(26-3)8-9-16(15)22(24)25/h4-10H,1-3H3,(H,20,21,23). The van der Waals surface area contributed by atoms with Crippen LogP contribution in [0.3, 0.4) is 0 Å². The summed E-state index contributed by atoms with van der Waals surface area (Å²) in [4.78, 5) is 29.6. The van der Waals surface area contributed by atoms with Crippen molar-refractivity contribution < 1.29 is 9.72 Å². The number of rotatable bonds is 5. The molecule has 1 N–H and O–H groups in total. The van der Waals surface area contributed by atoms with Crippen LogP contribution in [0.5, 0.6) is 0 Å². The van der Waals surface area contributed by atoms with E-state index in [0.717, 1.165) is 26.6 Å². The monoisotopic (exact) mass is 399 g/mol. The molecular weight excluding hydrogens is 382 g/mol. The number of amides is 1. The van der Waals surface area contributed by atoms with Gasteiger partial charge in [-0.05, 0) is 32.2 Å². The quantitative estimate of drug-likeness (QED) is 0.357. The Labute approximate surface area is 164 Å². The van der Waals surface area contributed by atoms with E-state index in [1.54, 1.807) is 6.07 Å². The van der Waals surface area contributed by atoms with Gasteiger partial charge >= 0.3 is 0 Å². The number of anilines is 1. The molecule has 6 nitrogen and oxygen atoms in total. The molecule has 0 atom stereocenters. The maximum Gasteiger partial charge on any atom is 0.282 e. The van der Waals surface area contributed by atoms with Crippen molar-refractivity contribution in [2.75, 3.05) is 11.6 Å². The molecule has 0 unspecified atom stereocenters. The zero-order valence-electron chi connectivity index (χ0n) is 15.0. The predicted molar refractivity (Wildman–Crippen MR) is 110 cm³/mol. The number of nitro groups is 1. The molecule has 27 heavy (non-hydrogen) atoms. The van der Waals surface area contributed by atoms with E-state index in [4.69, 9.17) is 0 Å². The van der Waals surface area contributed by atoms with E-state index >= 15 is 0 Å². The molecule has 3 aromatic rings. The van der Waals surface area contributed by atoms with Gasteiger partial charge in [-0.3, -0.25) is 20.2 Å². The second-order valence-corrected chi connectivity index (χ2v) is 7.97. The van der Waals surface area contributed by atoms with Crippen LogP contribution in [0.1, 0.15) is 20.8 Å². The maximum atomic E-state index is 12.7. The summed E-state index contributed by atoms with van der Waals surface area (Å²) in [5.41, 5.74) is 2.71. The van der Waals surface area contributed by atoms with Crippen molar-refractivity contribution in [3.05, 3.63) is 68.6 Å². The van der Waals surface area contributed by atoms with Crippen molar-refractivity contribution in [3.8, 4) is 11.3 Å². The molecule has 1 heterocycles. The highest BCUT2D eigenvalue weighted by molar-refractivity contribution is 7.98. The summed E-state index contributed by atoms with van der Waals surface area (Å²) in [6.07, 6.45) is 1.85. The highest BCUT2D eigenvalue weighted by Crippen LogP contribution is 2.32. The highest BCUT2D eigenvalue weighted by atomic mass is 32.2. The highest BCUT2D eigenvalue weighted by Gasteiger charge is 2.22. The summed E-state index contributed by atoms with van der Waals surface area (Å²) >= 11 is 2.76. The van der Waals surface area contributed by atoms with Crippen molar-refractivity contribution in [2.45, 2.75) is 18.7 Å². The lowest BCUT2D eigenvalue weighted by molar-refractivity contribution is -0.385. The molecule has 0 saturated carbocycles. The molecule has 3 rings (SSSR count). The van der Waals surface area contributed by atoms with Gasteiger partial charge in [0.15, 0.2) is 5.13 Å². The fourth-order valence-corrected chi connectivity index (χ4v) is 3.85. The Bertz CT molecular complexity index is 1010. The van der Waals surface area contributed by atoms with Crippen molar-refractivity contribution in [3.63, 3.8) is 0 Å². The number of carbonyl (C=O) groups is 1. The van der Waals surface area contributed by atoms with Gasteiger partial charge in [0.05, 0.1) is 10.6 Å².